The van der Waals surface area contributed by atoms with Gasteiger partial charge in [0.05, 0.1) is 5.56 Å². The van der Waals surface area contributed by atoms with Gasteiger partial charge in [-0.15, -0.1) is 0 Å². The first kappa shape index (κ1) is 18.5. The summed E-state index contributed by atoms with van der Waals surface area (Å²) in [7, 11) is 0. The van der Waals surface area contributed by atoms with E-state index in [9.17, 15) is 4.79 Å². The zero-order valence-corrected chi connectivity index (χ0v) is 16.3. The number of hydrogen-bond acceptors (Lipinski definition) is 2. The first-order chi connectivity index (χ1) is 12.6. The average Bonchev–Trinajstić information content (AvgIpc) is 3.24. The Morgan fingerprint density at radius 2 is 1.92 bits per heavy atom. The molecule has 0 saturated heterocycles. The molecule has 3 nitrogen and oxygen atoms in total. The molecule has 0 atom stereocenters. The van der Waals surface area contributed by atoms with Crippen molar-refractivity contribution in [3.8, 4) is 11.1 Å². The third-order valence-corrected chi connectivity index (χ3v) is 5.57. The van der Waals surface area contributed by atoms with Crippen LogP contribution in [0.3, 0.4) is 0 Å². The normalized spacial score (nSPS) is 11.0. The molecular weight excluding hydrogens is 340 g/mol. The highest BCUT2D eigenvalue weighted by Gasteiger charge is 2.24. The number of primary amides is 1. The maximum Gasteiger partial charge on any atom is 0.251 e. The second-order valence-corrected chi connectivity index (χ2v) is 7.47. The highest BCUT2D eigenvalue weighted by atomic mass is 32.1. The van der Waals surface area contributed by atoms with Crippen molar-refractivity contribution >= 4 is 17.2 Å². The van der Waals surface area contributed by atoms with Crippen LogP contribution >= 0.6 is 11.3 Å². The molecule has 26 heavy (non-hydrogen) atoms. The maximum atomic E-state index is 12.3. The van der Waals surface area contributed by atoms with E-state index in [1.54, 1.807) is 11.3 Å². The van der Waals surface area contributed by atoms with E-state index in [0.29, 0.717) is 5.56 Å². The summed E-state index contributed by atoms with van der Waals surface area (Å²) in [5.41, 5.74) is 12.0. The lowest BCUT2D eigenvalue weighted by Crippen LogP contribution is -2.13. The highest BCUT2D eigenvalue weighted by molar-refractivity contribution is 7.08. The van der Waals surface area contributed by atoms with Crippen LogP contribution in [0.5, 0.6) is 0 Å². The topological polar surface area (TPSA) is 48.0 Å². The van der Waals surface area contributed by atoms with Crippen molar-refractivity contribution < 1.29 is 4.79 Å². The van der Waals surface area contributed by atoms with Gasteiger partial charge in [-0.25, -0.2) is 0 Å². The number of aromatic nitrogens is 1. The van der Waals surface area contributed by atoms with Crippen LogP contribution < -0.4 is 5.73 Å². The molecule has 2 N–H and O–H groups in total. The fourth-order valence-electron chi connectivity index (χ4n) is 3.60. The van der Waals surface area contributed by atoms with Crippen molar-refractivity contribution in [1.82, 2.24) is 4.57 Å². The molecule has 4 heteroatoms. The number of unbranched alkanes of at least 4 members (excludes halogenated alkanes) is 2. The summed E-state index contributed by atoms with van der Waals surface area (Å²) < 4.78 is 2.29. The van der Waals surface area contributed by atoms with E-state index in [1.165, 1.54) is 24.1 Å². The lowest BCUT2D eigenvalue weighted by Gasteiger charge is -2.13. The van der Waals surface area contributed by atoms with Gasteiger partial charge in [0, 0.05) is 23.5 Å². The molecule has 0 spiro atoms. The van der Waals surface area contributed by atoms with E-state index < -0.39 is 0 Å². The van der Waals surface area contributed by atoms with Crippen molar-refractivity contribution in [2.24, 2.45) is 5.73 Å². The number of benzene rings is 1. The number of rotatable bonds is 8. The maximum absolute atomic E-state index is 12.3. The monoisotopic (exact) mass is 366 g/mol. The Hall–Kier alpha value is -2.33. The van der Waals surface area contributed by atoms with E-state index in [4.69, 9.17) is 5.73 Å². The summed E-state index contributed by atoms with van der Waals surface area (Å²) in [4.78, 5) is 12.3. The molecule has 0 bridgehead atoms. The Kier molecular flexibility index (Phi) is 5.94. The summed E-state index contributed by atoms with van der Waals surface area (Å²) in [6.07, 6.45) is 4.43. The second kappa shape index (κ2) is 8.37. The Morgan fingerprint density at radius 1 is 1.15 bits per heavy atom. The van der Waals surface area contributed by atoms with Crippen LogP contribution in [0.2, 0.25) is 0 Å². The lowest BCUT2D eigenvalue weighted by molar-refractivity contribution is 0.1000. The second-order valence-electron chi connectivity index (χ2n) is 6.69. The molecular formula is C22H26N2OS. The molecule has 0 unspecified atom stereocenters. The zero-order valence-electron chi connectivity index (χ0n) is 15.5. The molecule has 0 radical (unpaired) electrons. The molecule has 0 aliphatic heterocycles. The fourth-order valence-corrected chi connectivity index (χ4v) is 4.25. The van der Waals surface area contributed by atoms with Gasteiger partial charge in [-0.1, -0.05) is 50.1 Å². The Morgan fingerprint density at radius 3 is 2.54 bits per heavy atom. The van der Waals surface area contributed by atoms with Crippen molar-refractivity contribution in [3.05, 3.63) is 69.7 Å². The first-order valence-electron chi connectivity index (χ1n) is 9.21. The molecule has 3 aromatic rings. The smallest absolute Gasteiger partial charge is 0.251 e. The molecule has 3 rings (SSSR count). The predicted octanol–water partition coefficient (Wildman–Crippen LogP) is 5.40. The third-order valence-electron chi connectivity index (χ3n) is 4.89. The third kappa shape index (κ3) is 3.75. The van der Waals surface area contributed by atoms with Crippen LogP contribution in [0.4, 0.5) is 0 Å². The first-order valence-corrected chi connectivity index (χ1v) is 10.2. The van der Waals surface area contributed by atoms with Crippen LogP contribution in [-0.2, 0) is 13.0 Å². The minimum absolute atomic E-state index is 0.341. The van der Waals surface area contributed by atoms with Crippen LogP contribution in [0.15, 0.2) is 47.2 Å². The minimum atomic E-state index is -0.341. The quantitative estimate of drug-likeness (QED) is 0.533. The average molecular weight is 367 g/mol. The van der Waals surface area contributed by atoms with E-state index >= 15 is 0 Å². The van der Waals surface area contributed by atoms with Crippen molar-refractivity contribution in [2.45, 2.75) is 46.1 Å². The van der Waals surface area contributed by atoms with Gasteiger partial charge in [0.25, 0.3) is 5.91 Å². The van der Waals surface area contributed by atoms with Crippen molar-refractivity contribution in [3.63, 3.8) is 0 Å². The van der Waals surface area contributed by atoms with E-state index in [-0.39, 0.29) is 5.91 Å². The molecule has 136 valence electrons. The van der Waals surface area contributed by atoms with Gasteiger partial charge in [-0.2, -0.15) is 11.3 Å². The van der Waals surface area contributed by atoms with E-state index in [1.807, 2.05) is 13.0 Å². The summed E-state index contributed by atoms with van der Waals surface area (Å²) >= 11 is 1.65. The minimum Gasteiger partial charge on any atom is -0.366 e. The van der Waals surface area contributed by atoms with Gasteiger partial charge in [0.1, 0.15) is 0 Å². The largest absolute Gasteiger partial charge is 0.366 e. The van der Waals surface area contributed by atoms with Crippen LogP contribution in [0.1, 0.15) is 53.5 Å². The predicted molar refractivity (Wildman–Crippen MR) is 110 cm³/mol. The Labute approximate surface area is 159 Å². The van der Waals surface area contributed by atoms with Crippen molar-refractivity contribution in [1.29, 1.82) is 0 Å². The molecule has 0 aliphatic carbocycles. The zero-order chi connectivity index (χ0) is 18.5. The van der Waals surface area contributed by atoms with Crippen molar-refractivity contribution in [2.75, 3.05) is 0 Å². The number of thiophene rings is 1. The van der Waals surface area contributed by atoms with E-state index in [2.05, 4.69) is 52.6 Å². The van der Waals surface area contributed by atoms with Gasteiger partial charge < -0.3 is 10.3 Å². The van der Waals surface area contributed by atoms with E-state index in [0.717, 1.165) is 36.2 Å². The molecule has 1 aromatic carbocycles. The molecule has 1 amide bonds. The summed E-state index contributed by atoms with van der Waals surface area (Å²) in [6.45, 7) is 4.99. The van der Waals surface area contributed by atoms with Crippen LogP contribution in [-0.4, -0.2) is 10.5 Å². The van der Waals surface area contributed by atoms with Crippen LogP contribution in [0.25, 0.3) is 11.1 Å². The lowest BCUT2D eigenvalue weighted by atomic mass is 9.99. The Bertz CT molecular complexity index is 863. The van der Waals surface area contributed by atoms with Crippen LogP contribution in [0, 0.1) is 6.92 Å². The summed E-state index contributed by atoms with van der Waals surface area (Å²) in [6, 6.07) is 12.5. The fraction of sp³-hybridized carbons (Fsp3) is 0.318. The highest BCUT2D eigenvalue weighted by Crippen LogP contribution is 2.35. The molecule has 2 heterocycles. The van der Waals surface area contributed by atoms with Gasteiger partial charge >= 0.3 is 0 Å². The summed E-state index contributed by atoms with van der Waals surface area (Å²) in [5.74, 6) is -0.341. The Balaban J connectivity index is 2.14. The SMILES string of the molecule is CCCCCc1c(-c2ccsc2)c(C(N)=O)c(C)n1Cc1ccccc1. The molecule has 0 aliphatic rings. The van der Waals surface area contributed by atoms with Gasteiger partial charge in [-0.05, 0) is 47.7 Å². The summed E-state index contributed by atoms with van der Waals surface area (Å²) in [5, 5.41) is 4.16. The number of carbonyl (C=O) groups excluding carboxylic acids is 1. The van der Waals surface area contributed by atoms with Gasteiger partial charge in [-0.3, -0.25) is 4.79 Å². The number of amides is 1. The molecule has 0 fully saturated rings. The van der Waals surface area contributed by atoms with Gasteiger partial charge in [0.2, 0.25) is 0 Å². The molecule has 0 saturated carbocycles. The number of hydrogen-bond donors (Lipinski definition) is 1. The number of nitrogens with two attached hydrogens (primary N) is 1. The number of nitrogens with zero attached hydrogens (tertiary/aromatic N) is 1. The number of carbonyl (C=O) groups is 1. The van der Waals surface area contributed by atoms with Gasteiger partial charge in [0.15, 0.2) is 0 Å². The standard InChI is InChI=1S/C22H26N2OS/c1-3-4-6-11-19-21(18-12-13-26-15-18)20(22(23)25)16(2)24(19)14-17-9-7-5-8-10-17/h5,7-10,12-13,15H,3-4,6,11,14H2,1-2H3,(H2,23,25). The molecule has 2 aromatic heterocycles.